The summed E-state index contributed by atoms with van der Waals surface area (Å²) >= 11 is 12.0. The number of rotatable bonds is 5. The Morgan fingerprint density at radius 2 is 2.00 bits per heavy atom. The third-order valence-corrected chi connectivity index (χ3v) is 4.85. The number of nitrogens with one attached hydrogen (secondary N) is 1. The van der Waals surface area contributed by atoms with Crippen molar-refractivity contribution in [1.29, 1.82) is 0 Å². The topological polar surface area (TPSA) is 93.0 Å². The minimum atomic E-state index is -1.23. The molecule has 1 saturated heterocycles. The van der Waals surface area contributed by atoms with Crippen LogP contribution in [0.5, 0.6) is 0 Å². The molecule has 1 aliphatic heterocycles. The van der Waals surface area contributed by atoms with Crippen molar-refractivity contribution in [3.8, 4) is 0 Å². The second-order valence-electron chi connectivity index (χ2n) is 5.89. The Morgan fingerprint density at radius 3 is 2.68 bits per heavy atom. The molecule has 1 aliphatic rings. The zero-order valence-electron chi connectivity index (χ0n) is 13.7. The molecule has 2 heterocycles. The highest BCUT2D eigenvalue weighted by molar-refractivity contribution is 6.42. The van der Waals surface area contributed by atoms with E-state index in [1.54, 1.807) is 29.8 Å². The van der Waals surface area contributed by atoms with Crippen molar-refractivity contribution in [2.75, 3.05) is 0 Å². The average molecular weight is 383 g/mol. The largest absolute Gasteiger partial charge is 0.325 e. The summed E-state index contributed by atoms with van der Waals surface area (Å²) in [5.41, 5.74) is -0.676. The maximum Gasteiger partial charge on any atom is 0.325 e. The van der Waals surface area contributed by atoms with Gasteiger partial charge in [0.2, 0.25) is 0 Å². The smallest absolute Gasteiger partial charge is 0.319 e. The van der Waals surface area contributed by atoms with Gasteiger partial charge in [-0.05, 0) is 41.5 Å². The number of tetrazole rings is 1. The van der Waals surface area contributed by atoms with Gasteiger partial charge in [0.25, 0.3) is 5.91 Å². The lowest BCUT2D eigenvalue weighted by Crippen LogP contribution is -2.40. The van der Waals surface area contributed by atoms with E-state index in [2.05, 4.69) is 20.8 Å². The summed E-state index contributed by atoms with van der Waals surface area (Å²) in [6.45, 7) is 4.22. The van der Waals surface area contributed by atoms with Crippen LogP contribution in [0.4, 0.5) is 4.79 Å². The fourth-order valence-electron chi connectivity index (χ4n) is 2.71. The molecule has 1 unspecified atom stereocenters. The number of hydrogen-bond donors (Lipinski definition) is 1. The third-order valence-electron chi connectivity index (χ3n) is 4.11. The highest BCUT2D eigenvalue weighted by Gasteiger charge is 2.49. The maximum atomic E-state index is 12.9. The monoisotopic (exact) mass is 382 g/mol. The van der Waals surface area contributed by atoms with E-state index in [-0.39, 0.29) is 6.54 Å². The van der Waals surface area contributed by atoms with E-state index in [4.69, 9.17) is 23.2 Å². The third kappa shape index (κ3) is 3.07. The van der Waals surface area contributed by atoms with Gasteiger partial charge in [0.05, 0.1) is 16.6 Å². The number of carbonyl (C=O) groups excluding carboxylic acids is 2. The van der Waals surface area contributed by atoms with Crippen LogP contribution in [0.3, 0.4) is 0 Å². The quantitative estimate of drug-likeness (QED) is 0.801. The first-order chi connectivity index (χ1) is 11.9. The van der Waals surface area contributed by atoms with Crippen LogP contribution in [-0.4, -0.2) is 37.0 Å². The van der Waals surface area contributed by atoms with Crippen LogP contribution >= 0.6 is 23.2 Å². The SMILES string of the molecule is CCCn1nnnc1CN1C(=O)NC(C)(c2ccc(Cl)c(Cl)c2)C1=O. The van der Waals surface area contributed by atoms with Gasteiger partial charge in [-0.2, -0.15) is 0 Å². The summed E-state index contributed by atoms with van der Waals surface area (Å²) in [4.78, 5) is 26.4. The zero-order chi connectivity index (χ0) is 18.2. The van der Waals surface area contributed by atoms with Crippen LogP contribution in [0.15, 0.2) is 18.2 Å². The summed E-state index contributed by atoms with van der Waals surface area (Å²) in [5, 5.41) is 14.8. The van der Waals surface area contributed by atoms with Gasteiger partial charge in [0, 0.05) is 6.54 Å². The lowest BCUT2D eigenvalue weighted by molar-refractivity contribution is -0.131. The minimum absolute atomic E-state index is 0.00538. The van der Waals surface area contributed by atoms with Crippen molar-refractivity contribution in [3.63, 3.8) is 0 Å². The molecule has 25 heavy (non-hydrogen) atoms. The van der Waals surface area contributed by atoms with E-state index >= 15 is 0 Å². The molecular weight excluding hydrogens is 367 g/mol. The first-order valence-corrected chi connectivity index (χ1v) is 8.47. The lowest BCUT2D eigenvalue weighted by atomic mass is 9.92. The molecule has 0 bridgehead atoms. The summed E-state index contributed by atoms with van der Waals surface area (Å²) in [6.07, 6.45) is 0.833. The minimum Gasteiger partial charge on any atom is -0.319 e. The first-order valence-electron chi connectivity index (χ1n) is 7.71. The van der Waals surface area contributed by atoms with Gasteiger partial charge in [0.15, 0.2) is 5.82 Å². The molecular formula is C15H16Cl2N6O2. The lowest BCUT2D eigenvalue weighted by Gasteiger charge is -2.22. The zero-order valence-corrected chi connectivity index (χ0v) is 15.2. The number of aryl methyl sites for hydroxylation is 1. The Balaban J connectivity index is 1.89. The molecule has 1 aromatic carbocycles. The van der Waals surface area contributed by atoms with E-state index in [1.165, 1.54) is 0 Å². The van der Waals surface area contributed by atoms with E-state index in [9.17, 15) is 9.59 Å². The van der Waals surface area contributed by atoms with Crippen LogP contribution in [0.2, 0.25) is 10.0 Å². The van der Waals surface area contributed by atoms with Crippen molar-refractivity contribution in [2.45, 2.75) is 38.9 Å². The molecule has 8 nitrogen and oxygen atoms in total. The summed E-state index contributed by atoms with van der Waals surface area (Å²) in [7, 11) is 0. The van der Waals surface area contributed by atoms with Gasteiger partial charge in [-0.25, -0.2) is 9.48 Å². The fourth-order valence-corrected chi connectivity index (χ4v) is 3.00. The summed E-state index contributed by atoms with van der Waals surface area (Å²) < 4.78 is 1.58. The Morgan fingerprint density at radius 1 is 1.24 bits per heavy atom. The number of nitrogens with zero attached hydrogens (tertiary/aromatic N) is 5. The molecule has 10 heteroatoms. The van der Waals surface area contributed by atoms with Crippen molar-refractivity contribution in [2.24, 2.45) is 0 Å². The molecule has 3 rings (SSSR count). The highest BCUT2D eigenvalue weighted by atomic mass is 35.5. The van der Waals surface area contributed by atoms with Gasteiger partial charge in [0.1, 0.15) is 5.54 Å². The average Bonchev–Trinajstić information content (AvgIpc) is 3.09. The number of benzene rings is 1. The van der Waals surface area contributed by atoms with Gasteiger partial charge in [-0.3, -0.25) is 9.69 Å². The number of carbonyl (C=O) groups is 2. The molecule has 2 aromatic rings. The Hall–Kier alpha value is -2.19. The number of halogens is 2. The molecule has 132 valence electrons. The molecule has 1 atom stereocenters. The molecule has 0 saturated carbocycles. The molecule has 3 amide bonds. The predicted molar refractivity (Wildman–Crippen MR) is 91.0 cm³/mol. The van der Waals surface area contributed by atoms with Crippen molar-refractivity contribution >= 4 is 35.1 Å². The summed E-state index contributed by atoms with van der Waals surface area (Å²) in [5.74, 6) is 0.0469. The fraction of sp³-hybridized carbons (Fsp3) is 0.400. The number of urea groups is 1. The maximum absolute atomic E-state index is 12.9. The van der Waals surface area contributed by atoms with E-state index in [1.807, 2.05) is 6.92 Å². The van der Waals surface area contributed by atoms with E-state index in [0.29, 0.717) is 28.0 Å². The number of amides is 3. The normalized spacial score (nSPS) is 20.2. The van der Waals surface area contributed by atoms with Crippen LogP contribution in [0.1, 0.15) is 31.7 Å². The van der Waals surface area contributed by atoms with Crippen LogP contribution in [0.25, 0.3) is 0 Å². The Bertz CT molecular complexity index is 839. The Labute approximate surface area is 154 Å². The van der Waals surface area contributed by atoms with Gasteiger partial charge >= 0.3 is 6.03 Å². The van der Waals surface area contributed by atoms with Crippen molar-refractivity contribution in [1.82, 2.24) is 30.4 Å². The van der Waals surface area contributed by atoms with Gasteiger partial charge in [-0.15, -0.1) is 5.10 Å². The molecule has 1 aromatic heterocycles. The van der Waals surface area contributed by atoms with Crippen LogP contribution < -0.4 is 5.32 Å². The second-order valence-corrected chi connectivity index (χ2v) is 6.71. The molecule has 0 aliphatic carbocycles. The predicted octanol–water partition coefficient (Wildman–Crippen LogP) is 2.36. The molecule has 1 N–H and O–H groups in total. The summed E-state index contributed by atoms with van der Waals surface area (Å²) in [6, 6.07) is 4.32. The first kappa shape index (κ1) is 17.6. The number of hydrogen-bond acceptors (Lipinski definition) is 5. The van der Waals surface area contributed by atoms with Crippen LogP contribution in [0, 0.1) is 0 Å². The van der Waals surface area contributed by atoms with Gasteiger partial charge < -0.3 is 5.32 Å². The Kier molecular flexibility index (Phi) is 4.66. The molecule has 1 fully saturated rings. The molecule has 0 spiro atoms. The van der Waals surface area contributed by atoms with Gasteiger partial charge in [-0.1, -0.05) is 36.2 Å². The number of aromatic nitrogens is 4. The number of imide groups is 1. The second kappa shape index (κ2) is 6.61. The van der Waals surface area contributed by atoms with E-state index in [0.717, 1.165) is 11.3 Å². The highest BCUT2D eigenvalue weighted by Crippen LogP contribution is 2.33. The van der Waals surface area contributed by atoms with Crippen molar-refractivity contribution in [3.05, 3.63) is 39.6 Å². The van der Waals surface area contributed by atoms with E-state index < -0.39 is 17.5 Å². The van der Waals surface area contributed by atoms with Crippen LogP contribution in [-0.2, 0) is 23.4 Å². The van der Waals surface area contributed by atoms with Crippen molar-refractivity contribution < 1.29 is 9.59 Å². The standard InChI is InChI=1S/C15H16Cl2N6O2/c1-3-6-23-12(19-20-21-23)8-22-13(24)15(2,18-14(22)25)9-4-5-10(16)11(17)7-9/h4-5,7H,3,6,8H2,1-2H3,(H,18,25). The molecule has 0 radical (unpaired) electrons.